The van der Waals surface area contributed by atoms with Crippen molar-refractivity contribution in [2.75, 3.05) is 0 Å². The third-order valence-electron chi connectivity index (χ3n) is 1.58. The number of hydrogen-bond donors (Lipinski definition) is 1. The highest BCUT2D eigenvalue weighted by Crippen LogP contribution is 2.02. The molecule has 0 saturated heterocycles. The SMILES string of the molecule is CCCC(CCC)NC=O. The summed E-state index contributed by atoms with van der Waals surface area (Å²) in [4.78, 5) is 10.1. The minimum Gasteiger partial charge on any atom is -0.356 e. The maximum atomic E-state index is 10.1. The lowest BCUT2D eigenvalue weighted by atomic mass is 10.1. The van der Waals surface area contributed by atoms with Crippen molar-refractivity contribution >= 4 is 6.41 Å². The predicted molar refractivity (Wildman–Crippen MR) is 42.8 cm³/mol. The first-order chi connectivity index (χ1) is 4.85. The molecule has 2 nitrogen and oxygen atoms in total. The van der Waals surface area contributed by atoms with Crippen molar-refractivity contribution in [1.29, 1.82) is 0 Å². The van der Waals surface area contributed by atoms with E-state index in [1.54, 1.807) is 0 Å². The molecule has 1 amide bonds. The van der Waals surface area contributed by atoms with Crippen molar-refractivity contribution in [1.82, 2.24) is 5.32 Å². The molecule has 0 aromatic carbocycles. The lowest BCUT2D eigenvalue weighted by Crippen LogP contribution is -2.27. The number of nitrogens with one attached hydrogen (secondary N) is 1. The summed E-state index contributed by atoms with van der Waals surface area (Å²) in [5.74, 6) is 0. The first kappa shape index (κ1) is 9.47. The first-order valence-electron chi connectivity index (χ1n) is 4.04. The van der Waals surface area contributed by atoms with Crippen LogP contribution in [0.4, 0.5) is 0 Å². The Hall–Kier alpha value is -0.530. The van der Waals surface area contributed by atoms with Gasteiger partial charge in [-0.25, -0.2) is 0 Å². The molecule has 0 aromatic heterocycles. The molecule has 0 bridgehead atoms. The van der Waals surface area contributed by atoms with E-state index < -0.39 is 0 Å². The Bertz CT molecular complexity index is 77.3. The summed E-state index contributed by atoms with van der Waals surface area (Å²) in [5.41, 5.74) is 0. The summed E-state index contributed by atoms with van der Waals surface area (Å²) >= 11 is 0. The highest BCUT2D eigenvalue weighted by atomic mass is 16.1. The monoisotopic (exact) mass is 143 g/mol. The zero-order valence-electron chi connectivity index (χ0n) is 6.89. The van der Waals surface area contributed by atoms with Gasteiger partial charge in [0.05, 0.1) is 0 Å². The van der Waals surface area contributed by atoms with Gasteiger partial charge in [-0.2, -0.15) is 0 Å². The van der Waals surface area contributed by atoms with Crippen LogP contribution in [0.5, 0.6) is 0 Å². The fourth-order valence-corrected chi connectivity index (χ4v) is 1.10. The van der Waals surface area contributed by atoms with Crippen LogP contribution in [-0.2, 0) is 4.79 Å². The van der Waals surface area contributed by atoms with Gasteiger partial charge in [0, 0.05) is 6.04 Å². The van der Waals surface area contributed by atoms with Crippen LogP contribution in [-0.4, -0.2) is 12.5 Å². The molecule has 0 aliphatic heterocycles. The number of carbonyl (C=O) groups excluding carboxylic acids is 1. The van der Waals surface area contributed by atoms with Gasteiger partial charge in [0.15, 0.2) is 0 Å². The summed E-state index contributed by atoms with van der Waals surface area (Å²) in [6, 6.07) is 0.410. The fourth-order valence-electron chi connectivity index (χ4n) is 1.10. The van der Waals surface area contributed by atoms with Crippen LogP contribution in [0.25, 0.3) is 0 Å². The van der Waals surface area contributed by atoms with Gasteiger partial charge in [0.1, 0.15) is 0 Å². The lowest BCUT2D eigenvalue weighted by molar-refractivity contribution is -0.110. The van der Waals surface area contributed by atoms with Crippen LogP contribution in [0.2, 0.25) is 0 Å². The Kier molecular flexibility index (Phi) is 6.24. The van der Waals surface area contributed by atoms with E-state index in [1.165, 1.54) is 0 Å². The second-order valence-electron chi connectivity index (χ2n) is 2.56. The molecule has 1 N–H and O–H groups in total. The second-order valence-corrected chi connectivity index (χ2v) is 2.56. The minimum atomic E-state index is 0.410. The third-order valence-corrected chi connectivity index (χ3v) is 1.58. The molecule has 0 rings (SSSR count). The number of hydrogen-bond acceptors (Lipinski definition) is 1. The largest absolute Gasteiger partial charge is 0.356 e. The lowest BCUT2D eigenvalue weighted by Gasteiger charge is -2.12. The van der Waals surface area contributed by atoms with E-state index in [0.717, 1.165) is 32.1 Å². The molecule has 0 spiro atoms. The highest BCUT2D eigenvalue weighted by Gasteiger charge is 2.02. The van der Waals surface area contributed by atoms with Crippen LogP contribution < -0.4 is 5.32 Å². The Morgan fingerprint density at radius 1 is 1.30 bits per heavy atom. The second kappa shape index (κ2) is 6.59. The van der Waals surface area contributed by atoms with E-state index in [2.05, 4.69) is 19.2 Å². The number of carbonyl (C=O) groups is 1. The standard InChI is InChI=1S/C8H17NO/c1-3-5-8(6-4-2)9-7-10/h7-8H,3-6H2,1-2H3,(H,9,10). The quantitative estimate of drug-likeness (QED) is 0.563. The molecule has 0 radical (unpaired) electrons. The zero-order valence-corrected chi connectivity index (χ0v) is 6.89. The fraction of sp³-hybridized carbons (Fsp3) is 0.875. The van der Waals surface area contributed by atoms with Crippen LogP contribution in [0.3, 0.4) is 0 Å². The van der Waals surface area contributed by atoms with E-state index in [4.69, 9.17) is 0 Å². The van der Waals surface area contributed by atoms with E-state index >= 15 is 0 Å². The van der Waals surface area contributed by atoms with Gasteiger partial charge in [-0.05, 0) is 12.8 Å². The molecule has 2 heteroatoms. The van der Waals surface area contributed by atoms with Crippen molar-refractivity contribution in [3.63, 3.8) is 0 Å². The summed E-state index contributed by atoms with van der Waals surface area (Å²) < 4.78 is 0. The molecule has 60 valence electrons. The Labute approximate surface area is 63.0 Å². The average Bonchev–Trinajstić information content (AvgIpc) is 1.90. The predicted octanol–water partition coefficient (Wildman–Crippen LogP) is 1.70. The van der Waals surface area contributed by atoms with Crippen molar-refractivity contribution in [3.05, 3.63) is 0 Å². The smallest absolute Gasteiger partial charge is 0.207 e. The Morgan fingerprint density at radius 2 is 1.80 bits per heavy atom. The first-order valence-corrected chi connectivity index (χ1v) is 4.04. The Balaban J connectivity index is 3.38. The summed E-state index contributed by atoms with van der Waals surface area (Å²) in [6.45, 7) is 4.27. The molecular formula is C8H17NO. The van der Waals surface area contributed by atoms with Gasteiger partial charge in [0.2, 0.25) is 6.41 Å². The van der Waals surface area contributed by atoms with Gasteiger partial charge in [-0.3, -0.25) is 4.79 Å². The van der Waals surface area contributed by atoms with Crippen LogP contribution in [0, 0.1) is 0 Å². The molecule has 0 aromatic rings. The van der Waals surface area contributed by atoms with Crippen molar-refractivity contribution in [3.8, 4) is 0 Å². The maximum absolute atomic E-state index is 10.1. The molecular weight excluding hydrogens is 126 g/mol. The highest BCUT2D eigenvalue weighted by molar-refractivity contribution is 5.46. The molecule has 0 fully saturated rings. The van der Waals surface area contributed by atoms with Crippen molar-refractivity contribution in [2.24, 2.45) is 0 Å². The molecule has 10 heavy (non-hydrogen) atoms. The molecule has 0 aliphatic carbocycles. The van der Waals surface area contributed by atoms with Crippen LogP contribution in [0.15, 0.2) is 0 Å². The molecule has 0 atom stereocenters. The summed E-state index contributed by atoms with van der Waals surface area (Å²) in [5, 5.41) is 2.80. The average molecular weight is 143 g/mol. The Morgan fingerprint density at radius 3 is 2.10 bits per heavy atom. The van der Waals surface area contributed by atoms with Crippen molar-refractivity contribution in [2.45, 2.75) is 45.6 Å². The van der Waals surface area contributed by atoms with E-state index in [1.807, 2.05) is 0 Å². The summed E-state index contributed by atoms with van der Waals surface area (Å²) in [6.07, 6.45) is 5.30. The molecule has 0 saturated carbocycles. The van der Waals surface area contributed by atoms with Crippen molar-refractivity contribution < 1.29 is 4.79 Å². The maximum Gasteiger partial charge on any atom is 0.207 e. The third kappa shape index (κ3) is 4.36. The van der Waals surface area contributed by atoms with Crippen LogP contribution in [0.1, 0.15) is 39.5 Å². The van der Waals surface area contributed by atoms with E-state index in [9.17, 15) is 4.79 Å². The topological polar surface area (TPSA) is 29.1 Å². The van der Waals surface area contributed by atoms with Gasteiger partial charge >= 0.3 is 0 Å². The van der Waals surface area contributed by atoms with Gasteiger partial charge < -0.3 is 5.32 Å². The zero-order chi connectivity index (χ0) is 7.82. The number of amides is 1. The van der Waals surface area contributed by atoms with Gasteiger partial charge in [-0.15, -0.1) is 0 Å². The van der Waals surface area contributed by atoms with E-state index in [0.29, 0.717) is 6.04 Å². The number of rotatable bonds is 6. The minimum absolute atomic E-state index is 0.410. The van der Waals surface area contributed by atoms with Gasteiger partial charge in [-0.1, -0.05) is 26.7 Å². The van der Waals surface area contributed by atoms with E-state index in [-0.39, 0.29) is 0 Å². The molecule has 0 aliphatic rings. The molecule has 0 heterocycles. The molecule has 0 unspecified atom stereocenters. The normalized spacial score (nSPS) is 9.90. The van der Waals surface area contributed by atoms with Gasteiger partial charge in [0.25, 0.3) is 0 Å². The van der Waals surface area contributed by atoms with Crippen LogP contribution >= 0.6 is 0 Å². The summed E-state index contributed by atoms with van der Waals surface area (Å²) in [7, 11) is 0.